The molecule has 0 fully saturated rings. The van der Waals surface area contributed by atoms with Crippen molar-refractivity contribution in [1.82, 2.24) is 5.43 Å². The van der Waals surface area contributed by atoms with Gasteiger partial charge in [0.05, 0.1) is 13.3 Å². The number of carbonyl (C=O) groups is 1. The zero-order chi connectivity index (χ0) is 25.1. The Balaban J connectivity index is 1.27. The Morgan fingerprint density at radius 2 is 1.78 bits per heavy atom. The lowest BCUT2D eigenvalue weighted by atomic mass is 10.1. The Bertz CT molecular complexity index is 1610. The monoisotopic (exact) mass is 606 g/mol. The highest BCUT2D eigenvalue weighted by Crippen LogP contribution is 2.33. The average Bonchev–Trinajstić information content (AvgIpc) is 3.31. The Morgan fingerprint density at radius 1 is 0.944 bits per heavy atom. The van der Waals surface area contributed by atoms with Crippen molar-refractivity contribution in [2.75, 3.05) is 7.11 Å². The summed E-state index contributed by atoms with van der Waals surface area (Å²) in [6, 6.07) is 25.3. The van der Waals surface area contributed by atoms with E-state index in [-0.39, 0.29) is 5.76 Å². The van der Waals surface area contributed by atoms with Gasteiger partial charge in [-0.05, 0) is 74.7 Å². The van der Waals surface area contributed by atoms with Crippen LogP contribution < -0.4 is 14.9 Å². The quantitative estimate of drug-likeness (QED) is 0.154. The van der Waals surface area contributed by atoms with Crippen LogP contribution in [0.15, 0.2) is 97.3 Å². The fourth-order valence-electron chi connectivity index (χ4n) is 3.75. The molecule has 0 aliphatic rings. The van der Waals surface area contributed by atoms with Gasteiger partial charge in [-0.3, -0.25) is 4.79 Å². The number of halogens is 2. The van der Waals surface area contributed by atoms with Crippen molar-refractivity contribution in [3.8, 4) is 11.5 Å². The third-order valence-electron chi connectivity index (χ3n) is 5.56. The number of amides is 1. The van der Waals surface area contributed by atoms with Crippen molar-refractivity contribution < 1.29 is 18.7 Å². The first-order chi connectivity index (χ1) is 17.5. The number of hydrogen-bond acceptors (Lipinski definition) is 5. The minimum atomic E-state index is -0.447. The van der Waals surface area contributed by atoms with Crippen LogP contribution in [0.25, 0.3) is 21.7 Å². The number of carbonyl (C=O) groups excluding carboxylic acids is 1. The van der Waals surface area contributed by atoms with E-state index in [9.17, 15) is 4.79 Å². The number of furan rings is 1. The largest absolute Gasteiger partial charge is 0.493 e. The summed E-state index contributed by atoms with van der Waals surface area (Å²) in [5.41, 5.74) is 4.88. The number of nitrogens with zero attached hydrogens (tertiary/aromatic N) is 1. The molecular formula is C28H20Br2N2O4. The summed E-state index contributed by atoms with van der Waals surface area (Å²) in [5, 5.41) is 7.25. The lowest BCUT2D eigenvalue weighted by molar-refractivity contribution is 0.0929. The highest BCUT2D eigenvalue weighted by Gasteiger charge is 2.13. The molecule has 0 aliphatic carbocycles. The molecule has 6 nitrogen and oxygen atoms in total. The summed E-state index contributed by atoms with van der Waals surface area (Å²) in [4.78, 5) is 12.5. The molecule has 5 rings (SSSR count). The van der Waals surface area contributed by atoms with Crippen molar-refractivity contribution in [3.05, 3.63) is 105 Å². The number of hydrogen-bond donors (Lipinski definition) is 1. The topological polar surface area (TPSA) is 73.1 Å². The molecule has 0 unspecified atom stereocenters. The van der Waals surface area contributed by atoms with E-state index >= 15 is 0 Å². The van der Waals surface area contributed by atoms with Gasteiger partial charge >= 0.3 is 5.91 Å². The Morgan fingerprint density at radius 3 is 2.61 bits per heavy atom. The van der Waals surface area contributed by atoms with Gasteiger partial charge in [-0.25, -0.2) is 5.43 Å². The molecule has 1 heterocycles. The van der Waals surface area contributed by atoms with Gasteiger partial charge in [0.15, 0.2) is 17.3 Å². The van der Waals surface area contributed by atoms with Crippen LogP contribution in [0.2, 0.25) is 0 Å². The molecule has 5 aromatic rings. The maximum atomic E-state index is 12.5. The zero-order valence-electron chi connectivity index (χ0n) is 19.1. The lowest BCUT2D eigenvalue weighted by Crippen LogP contribution is -2.16. The summed E-state index contributed by atoms with van der Waals surface area (Å²) in [6.07, 6.45) is 1.52. The highest BCUT2D eigenvalue weighted by atomic mass is 79.9. The first-order valence-electron chi connectivity index (χ1n) is 11.0. The Kier molecular flexibility index (Phi) is 7.06. The van der Waals surface area contributed by atoms with Gasteiger partial charge in [-0.2, -0.15) is 5.10 Å². The summed E-state index contributed by atoms with van der Waals surface area (Å²) in [6.45, 7) is 0.394. The molecule has 0 saturated carbocycles. The zero-order valence-corrected chi connectivity index (χ0v) is 22.3. The second-order valence-corrected chi connectivity index (χ2v) is 9.76. The molecular weight excluding hydrogens is 588 g/mol. The standard InChI is InChI=1S/C28H20Br2N2O4/c1-34-25-13-21(15-31-32-28(33)27-12-20-11-22(29)8-9-24(20)36-27)23(30)14-26(25)35-16-17-6-7-18-4-2-3-5-19(18)10-17/h2-15H,16H2,1H3,(H,32,33)/b31-15+. The van der Waals surface area contributed by atoms with E-state index in [2.05, 4.69) is 66.7 Å². The second kappa shape index (κ2) is 10.6. The van der Waals surface area contributed by atoms with Crippen LogP contribution in [-0.4, -0.2) is 19.2 Å². The lowest BCUT2D eigenvalue weighted by Gasteiger charge is -2.13. The summed E-state index contributed by atoms with van der Waals surface area (Å²) in [7, 11) is 1.58. The average molecular weight is 608 g/mol. The number of ether oxygens (including phenoxy) is 2. The maximum absolute atomic E-state index is 12.5. The van der Waals surface area contributed by atoms with E-state index in [0.717, 1.165) is 25.3 Å². The molecule has 0 saturated heterocycles. The molecule has 1 amide bonds. The van der Waals surface area contributed by atoms with E-state index in [0.29, 0.717) is 29.3 Å². The number of hydrazone groups is 1. The molecule has 0 radical (unpaired) electrons. The van der Waals surface area contributed by atoms with Crippen molar-refractivity contribution >= 4 is 65.7 Å². The summed E-state index contributed by atoms with van der Waals surface area (Å²) >= 11 is 6.96. The fraction of sp³-hybridized carbons (Fsp3) is 0.0714. The minimum absolute atomic E-state index is 0.175. The van der Waals surface area contributed by atoms with Crippen LogP contribution in [0.5, 0.6) is 11.5 Å². The van der Waals surface area contributed by atoms with Crippen LogP contribution in [0.1, 0.15) is 21.7 Å². The normalized spacial score (nSPS) is 11.3. The van der Waals surface area contributed by atoms with Crippen molar-refractivity contribution in [2.45, 2.75) is 6.61 Å². The number of rotatable bonds is 7. The number of benzene rings is 4. The Labute approximate surface area is 224 Å². The molecule has 4 aromatic carbocycles. The van der Waals surface area contributed by atoms with Gasteiger partial charge in [0.25, 0.3) is 0 Å². The molecule has 180 valence electrons. The van der Waals surface area contributed by atoms with Gasteiger partial charge in [0, 0.05) is 19.9 Å². The SMILES string of the molecule is COc1cc(/C=N/NC(=O)c2cc3cc(Br)ccc3o2)c(Br)cc1OCc1ccc2ccccc2c1. The minimum Gasteiger partial charge on any atom is -0.493 e. The van der Waals surface area contributed by atoms with Crippen LogP contribution >= 0.6 is 31.9 Å². The van der Waals surface area contributed by atoms with Gasteiger partial charge < -0.3 is 13.9 Å². The van der Waals surface area contributed by atoms with Crippen LogP contribution in [0, 0.1) is 0 Å². The summed E-state index contributed by atoms with van der Waals surface area (Å²) in [5.74, 6) is 0.869. The highest BCUT2D eigenvalue weighted by molar-refractivity contribution is 9.10. The summed E-state index contributed by atoms with van der Waals surface area (Å²) < 4.78 is 18.8. The molecule has 1 N–H and O–H groups in total. The van der Waals surface area contributed by atoms with Gasteiger partial charge in [0.2, 0.25) is 0 Å². The van der Waals surface area contributed by atoms with Gasteiger partial charge in [-0.15, -0.1) is 0 Å². The van der Waals surface area contributed by atoms with Crippen molar-refractivity contribution in [1.29, 1.82) is 0 Å². The van der Waals surface area contributed by atoms with E-state index in [1.54, 1.807) is 25.3 Å². The fourth-order valence-corrected chi connectivity index (χ4v) is 4.56. The van der Waals surface area contributed by atoms with Crippen molar-refractivity contribution in [3.63, 3.8) is 0 Å². The van der Waals surface area contributed by atoms with Crippen LogP contribution in [-0.2, 0) is 6.61 Å². The first kappa shape index (κ1) is 24.1. The molecule has 0 spiro atoms. The van der Waals surface area contributed by atoms with E-state index in [1.165, 1.54) is 11.6 Å². The van der Waals surface area contributed by atoms with E-state index < -0.39 is 5.91 Å². The van der Waals surface area contributed by atoms with Gasteiger partial charge in [0.1, 0.15) is 12.2 Å². The molecule has 8 heteroatoms. The van der Waals surface area contributed by atoms with E-state index in [4.69, 9.17) is 13.9 Å². The van der Waals surface area contributed by atoms with E-state index in [1.807, 2.05) is 36.4 Å². The Hall–Kier alpha value is -3.62. The third-order valence-corrected chi connectivity index (χ3v) is 6.74. The predicted octanol–water partition coefficient (Wildman–Crippen LogP) is 7.46. The molecule has 0 atom stereocenters. The smallest absolute Gasteiger partial charge is 0.307 e. The third kappa shape index (κ3) is 5.29. The first-order valence-corrected chi connectivity index (χ1v) is 12.6. The molecule has 0 bridgehead atoms. The predicted molar refractivity (Wildman–Crippen MR) is 148 cm³/mol. The van der Waals surface area contributed by atoms with Crippen LogP contribution in [0.4, 0.5) is 0 Å². The van der Waals surface area contributed by atoms with Crippen molar-refractivity contribution in [2.24, 2.45) is 5.10 Å². The van der Waals surface area contributed by atoms with Gasteiger partial charge in [-0.1, -0.05) is 52.3 Å². The molecule has 0 aliphatic heterocycles. The molecule has 1 aromatic heterocycles. The maximum Gasteiger partial charge on any atom is 0.307 e. The second-order valence-electron chi connectivity index (χ2n) is 7.99. The number of fused-ring (bicyclic) bond motifs is 2. The number of nitrogens with one attached hydrogen (secondary N) is 1. The molecule has 36 heavy (non-hydrogen) atoms. The number of methoxy groups -OCH3 is 1. The van der Waals surface area contributed by atoms with Crippen LogP contribution in [0.3, 0.4) is 0 Å².